The lowest BCUT2D eigenvalue weighted by Gasteiger charge is -2.10. The molecule has 2 aromatic carbocycles. The minimum Gasteiger partial charge on any atom is -0.497 e. The maximum Gasteiger partial charge on any atom is 0.134 e. The first kappa shape index (κ1) is 15.1. The molecule has 1 heterocycles. The molecule has 3 nitrogen and oxygen atoms in total. The van der Waals surface area contributed by atoms with Crippen molar-refractivity contribution >= 4 is 38.4 Å². The highest BCUT2D eigenvalue weighted by atomic mass is 79.9. The molecular formula is C17H13BrClNO2. The third kappa shape index (κ3) is 3.18. The van der Waals surface area contributed by atoms with Crippen molar-refractivity contribution in [3.05, 3.63) is 63.7 Å². The third-order valence-electron chi connectivity index (χ3n) is 3.23. The van der Waals surface area contributed by atoms with Crippen molar-refractivity contribution in [3.8, 4) is 11.5 Å². The molecule has 1 aromatic heterocycles. The van der Waals surface area contributed by atoms with E-state index in [-0.39, 0.29) is 0 Å². The van der Waals surface area contributed by atoms with Crippen molar-refractivity contribution in [2.75, 3.05) is 7.11 Å². The fourth-order valence-corrected chi connectivity index (χ4v) is 2.81. The minimum absolute atomic E-state index is 0.351. The van der Waals surface area contributed by atoms with Crippen LogP contribution in [0.4, 0.5) is 0 Å². The molecular weight excluding hydrogens is 366 g/mol. The monoisotopic (exact) mass is 377 g/mol. The molecule has 0 unspecified atom stereocenters. The minimum atomic E-state index is 0.351. The van der Waals surface area contributed by atoms with Gasteiger partial charge in [-0.3, -0.25) is 0 Å². The van der Waals surface area contributed by atoms with E-state index in [1.54, 1.807) is 7.11 Å². The molecule has 3 aromatic rings. The zero-order chi connectivity index (χ0) is 15.5. The van der Waals surface area contributed by atoms with E-state index in [2.05, 4.69) is 20.9 Å². The highest BCUT2D eigenvalue weighted by Crippen LogP contribution is 2.28. The van der Waals surface area contributed by atoms with Gasteiger partial charge in [-0.1, -0.05) is 23.7 Å². The van der Waals surface area contributed by atoms with Crippen LogP contribution in [0, 0.1) is 0 Å². The molecule has 22 heavy (non-hydrogen) atoms. The van der Waals surface area contributed by atoms with Crippen molar-refractivity contribution in [2.24, 2.45) is 0 Å². The van der Waals surface area contributed by atoms with Gasteiger partial charge in [0.1, 0.15) is 18.1 Å². The second-order valence-electron chi connectivity index (χ2n) is 4.70. The fraction of sp³-hybridized carbons (Fsp3) is 0.118. The summed E-state index contributed by atoms with van der Waals surface area (Å²) in [6, 6.07) is 15.2. The van der Waals surface area contributed by atoms with Crippen LogP contribution in [0.5, 0.6) is 11.5 Å². The Bertz CT molecular complexity index is 823. The fourth-order valence-electron chi connectivity index (χ4n) is 2.13. The summed E-state index contributed by atoms with van der Waals surface area (Å²) in [5, 5.41) is 1.50. The number of rotatable bonds is 4. The highest BCUT2D eigenvalue weighted by molar-refractivity contribution is 9.10. The second-order valence-corrected chi connectivity index (χ2v) is 5.96. The van der Waals surface area contributed by atoms with Crippen LogP contribution in [0.15, 0.2) is 53.0 Å². The van der Waals surface area contributed by atoms with Crippen LogP contribution < -0.4 is 9.47 Å². The number of pyridine rings is 1. The van der Waals surface area contributed by atoms with Crippen LogP contribution >= 0.6 is 27.5 Å². The van der Waals surface area contributed by atoms with Gasteiger partial charge in [-0.05, 0) is 52.3 Å². The van der Waals surface area contributed by atoms with E-state index in [0.717, 1.165) is 32.6 Å². The Morgan fingerprint density at radius 2 is 1.95 bits per heavy atom. The lowest BCUT2D eigenvalue weighted by atomic mass is 10.2. The summed E-state index contributed by atoms with van der Waals surface area (Å²) in [4.78, 5) is 4.58. The quantitative estimate of drug-likeness (QED) is 0.622. The zero-order valence-electron chi connectivity index (χ0n) is 11.8. The standard InChI is InChI=1S/C17H13BrClNO2/c1-21-12-6-7-16-13(9-12)15(19)8-11(20-16)10-22-17-5-3-2-4-14(17)18/h2-9H,10H2,1H3. The topological polar surface area (TPSA) is 31.4 Å². The normalized spacial score (nSPS) is 10.7. The molecule has 0 atom stereocenters. The van der Waals surface area contributed by atoms with Gasteiger partial charge in [-0.15, -0.1) is 0 Å². The third-order valence-corrected chi connectivity index (χ3v) is 4.20. The van der Waals surface area contributed by atoms with Crippen LogP contribution in [-0.4, -0.2) is 12.1 Å². The number of methoxy groups -OCH3 is 1. The Labute approximate surface area is 142 Å². The van der Waals surface area contributed by atoms with Gasteiger partial charge >= 0.3 is 0 Å². The first-order valence-electron chi connectivity index (χ1n) is 6.68. The number of benzene rings is 2. The Kier molecular flexibility index (Phi) is 4.50. The summed E-state index contributed by atoms with van der Waals surface area (Å²) in [6.45, 7) is 0.351. The molecule has 0 saturated carbocycles. The summed E-state index contributed by atoms with van der Waals surface area (Å²) in [6.07, 6.45) is 0. The SMILES string of the molecule is COc1ccc2nc(COc3ccccc3Br)cc(Cl)c2c1. The van der Waals surface area contributed by atoms with E-state index in [1.165, 1.54) is 0 Å². The van der Waals surface area contributed by atoms with Crippen LogP contribution in [0.3, 0.4) is 0 Å². The summed E-state index contributed by atoms with van der Waals surface area (Å²) >= 11 is 9.80. The number of hydrogen-bond donors (Lipinski definition) is 0. The van der Waals surface area contributed by atoms with E-state index >= 15 is 0 Å². The summed E-state index contributed by atoms with van der Waals surface area (Å²) in [7, 11) is 1.63. The molecule has 0 aliphatic rings. The smallest absolute Gasteiger partial charge is 0.134 e. The second kappa shape index (κ2) is 6.55. The Balaban J connectivity index is 1.87. The number of aromatic nitrogens is 1. The molecule has 112 valence electrons. The maximum absolute atomic E-state index is 6.34. The van der Waals surface area contributed by atoms with E-state index in [9.17, 15) is 0 Å². The number of halogens is 2. The molecule has 0 bridgehead atoms. The van der Waals surface area contributed by atoms with Crippen LogP contribution in [0.1, 0.15) is 5.69 Å². The van der Waals surface area contributed by atoms with Crippen molar-refractivity contribution in [1.29, 1.82) is 0 Å². The van der Waals surface area contributed by atoms with Gasteiger partial charge in [0.15, 0.2) is 0 Å². The number of fused-ring (bicyclic) bond motifs is 1. The van der Waals surface area contributed by atoms with Crippen LogP contribution in [0.2, 0.25) is 5.02 Å². The van der Waals surface area contributed by atoms with E-state index in [4.69, 9.17) is 21.1 Å². The average Bonchev–Trinajstić information content (AvgIpc) is 2.54. The molecule has 5 heteroatoms. The summed E-state index contributed by atoms with van der Waals surface area (Å²) < 4.78 is 11.9. The van der Waals surface area contributed by atoms with Gasteiger partial charge in [0.2, 0.25) is 0 Å². The van der Waals surface area contributed by atoms with E-state index in [0.29, 0.717) is 11.6 Å². The van der Waals surface area contributed by atoms with Crippen LogP contribution in [0.25, 0.3) is 10.9 Å². The molecule has 0 N–H and O–H groups in total. The molecule has 0 aliphatic carbocycles. The molecule has 3 rings (SSSR count). The Hall–Kier alpha value is -1.78. The number of para-hydroxylation sites is 1. The summed E-state index contributed by atoms with van der Waals surface area (Å²) in [5.74, 6) is 1.53. The lowest BCUT2D eigenvalue weighted by Crippen LogP contribution is -1.99. The molecule has 0 spiro atoms. The molecule has 0 fully saturated rings. The number of ether oxygens (including phenoxy) is 2. The highest BCUT2D eigenvalue weighted by Gasteiger charge is 2.07. The molecule has 0 radical (unpaired) electrons. The molecule has 0 aliphatic heterocycles. The van der Waals surface area contributed by atoms with Gasteiger partial charge in [-0.2, -0.15) is 0 Å². The largest absolute Gasteiger partial charge is 0.497 e. The van der Waals surface area contributed by atoms with Crippen molar-refractivity contribution in [2.45, 2.75) is 6.61 Å². The van der Waals surface area contributed by atoms with Gasteiger partial charge < -0.3 is 9.47 Å². The predicted octanol–water partition coefficient (Wildman–Crippen LogP) is 5.24. The molecule has 0 saturated heterocycles. The molecule has 0 amide bonds. The lowest BCUT2D eigenvalue weighted by molar-refractivity contribution is 0.300. The van der Waals surface area contributed by atoms with Crippen LogP contribution in [-0.2, 0) is 6.61 Å². The zero-order valence-corrected chi connectivity index (χ0v) is 14.2. The van der Waals surface area contributed by atoms with Gasteiger partial charge in [-0.25, -0.2) is 4.98 Å². The average molecular weight is 379 g/mol. The number of nitrogens with zero attached hydrogens (tertiary/aromatic N) is 1. The van der Waals surface area contributed by atoms with Gasteiger partial charge in [0.25, 0.3) is 0 Å². The van der Waals surface area contributed by atoms with Gasteiger partial charge in [0, 0.05) is 5.39 Å². The van der Waals surface area contributed by atoms with Crippen molar-refractivity contribution in [3.63, 3.8) is 0 Å². The van der Waals surface area contributed by atoms with E-state index < -0.39 is 0 Å². The maximum atomic E-state index is 6.34. The first-order valence-corrected chi connectivity index (χ1v) is 7.85. The van der Waals surface area contributed by atoms with Crippen molar-refractivity contribution < 1.29 is 9.47 Å². The van der Waals surface area contributed by atoms with Gasteiger partial charge in [0.05, 0.1) is 27.8 Å². The van der Waals surface area contributed by atoms with Crippen molar-refractivity contribution in [1.82, 2.24) is 4.98 Å². The first-order chi connectivity index (χ1) is 10.7. The number of hydrogen-bond acceptors (Lipinski definition) is 3. The van der Waals surface area contributed by atoms with E-state index in [1.807, 2.05) is 48.5 Å². The summed E-state index contributed by atoms with van der Waals surface area (Å²) in [5.41, 5.74) is 1.59. The Morgan fingerprint density at radius 1 is 1.14 bits per heavy atom. The Morgan fingerprint density at radius 3 is 2.73 bits per heavy atom. The predicted molar refractivity (Wildman–Crippen MR) is 91.8 cm³/mol.